The van der Waals surface area contributed by atoms with Crippen LogP contribution in [0.1, 0.15) is 39.4 Å². The zero-order chi connectivity index (χ0) is 16.7. The van der Waals surface area contributed by atoms with Crippen LogP contribution in [0.2, 0.25) is 0 Å². The molecule has 1 fully saturated rings. The lowest BCUT2D eigenvalue weighted by atomic mass is 10.0. The topological polar surface area (TPSA) is 73.0 Å². The number of nitrogens with zero attached hydrogens (tertiary/aromatic N) is 2. The highest BCUT2D eigenvalue weighted by Crippen LogP contribution is 2.25. The molecule has 6 heteroatoms. The van der Waals surface area contributed by atoms with Gasteiger partial charge in [-0.05, 0) is 45.4 Å². The van der Waals surface area contributed by atoms with Crippen LogP contribution in [-0.4, -0.2) is 54.7 Å². The molecule has 6 nitrogen and oxygen atoms in total. The summed E-state index contributed by atoms with van der Waals surface area (Å²) in [7, 11) is 0. The van der Waals surface area contributed by atoms with Gasteiger partial charge >= 0.3 is 0 Å². The minimum Gasteiger partial charge on any atom is -0.466 e. The van der Waals surface area contributed by atoms with Crippen LogP contribution in [0.4, 0.5) is 0 Å². The highest BCUT2D eigenvalue weighted by atomic mass is 16.4. The van der Waals surface area contributed by atoms with E-state index < -0.39 is 5.60 Å². The molecule has 1 atom stereocenters. The van der Waals surface area contributed by atoms with Gasteiger partial charge in [0.15, 0.2) is 5.96 Å². The van der Waals surface area contributed by atoms with Gasteiger partial charge in [-0.1, -0.05) is 6.92 Å². The average molecular weight is 322 g/mol. The van der Waals surface area contributed by atoms with Gasteiger partial charge in [0.25, 0.3) is 0 Å². The summed E-state index contributed by atoms with van der Waals surface area (Å²) in [6.45, 7) is 9.94. The number of guanidine groups is 1. The van der Waals surface area contributed by atoms with E-state index in [2.05, 4.69) is 27.4 Å². The van der Waals surface area contributed by atoms with Gasteiger partial charge in [-0.2, -0.15) is 0 Å². The van der Waals surface area contributed by atoms with Gasteiger partial charge in [-0.25, -0.2) is 4.99 Å². The van der Waals surface area contributed by atoms with Crippen molar-refractivity contribution in [1.29, 1.82) is 0 Å². The average Bonchev–Trinajstić information content (AvgIpc) is 3.21. The third-order valence-electron chi connectivity index (χ3n) is 4.10. The van der Waals surface area contributed by atoms with E-state index >= 15 is 0 Å². The Morgan fingerprint density at radius 1 is 1.43 bits per heavy atom. The van der Waals surface area contributed by atoms with Gasteiger partial charge in [0.2, 0.25) is 0 Å². The van der Waals surface area contributed by atoms with E-state index in [4.69, 9.17) is 4.42 Å². The van der Waals surface area contributed by atoms with E-state index in [1.54, 1.807) is 25.3 Å². The van der Waals surface area contributed by atoms with E-state index in [9.17, 15) is 5.11 Å². The quantitative estimate of drug-likeness (QED) is 0.475. The van der Waals surface area contributed by atoms with Gasteiger partial charge in [-0.15, -0.1) is 0 Å². The summed E-state index contributed by atoms with van der Waals surface area (Å²) in [6.07, 6.45) is 4.22. The number of hydrogen-bond acceptors (Lipinski definition) is 4. The summed E-state index contributed by atoms with van der Waals surface area (Å²) in [5.41, 5.74) is -1.10. The lowest BCUT2D eigenvalue weighted by molar-refractivity contribution is 0.0437. The molecule has 0 aliphatic heterocycles. The molecule has 1 saturated carbocycles. The van der Waals surface area contributed by atoms with Crippen LogP contribution >= 0.6 is 0 Å². The third-order valence-corrected chi connectivity index (χ3v) is 4.10. The predicted octanol–water partition coefficient (Wildman–Crippen LogP) is 1.53. The lowest BCUT2D eigenvalue weighted by Crippen LogP contribution is -2.42. The van der Waals surface area contributed by atoms with Crippen molar-refractivity contribution in [2.75, 3.05) is 32.7 Å². The number of nitrogens with one attached hydrogen (secondary N) is 2. The monoisotopic (exact) mass is 322 g/mol. The molecule has 0 saturated heterocycles. The standard InChI is InChI=1S/C17H30N4O2/c1-4-18-16(19-10-11-21(5-2)14-8-9-14)20-13-17(3,22)15-7-6-12-23-15/h6-7,12,14,22H,4-5,8-11,13H2,1-3H3,(H2,18,19,20). The molecule has 1 aliphatic rings. The molecule has 1 unspecified atom stereocenters. The van der Waals surface area contributed by atoms with E-state index in [1.807, 2.05) is 6.92 Å². The predicted molar refractivity (Wildman–Crippen MR) is 92.5 cm³/mol. The van der Waals surface area contributed by atoms with Crippen molar-refractivity contribution in [3.8, 4) is 0 Å². The van der Waals surface area contributed by atoms with Gasteiger partial charge < -0.3 is 20.2 Å². The Balaban J connectivity index is 1.84. The van der Waals surface area contributed by atoms with Crippen molar-refractivity contribution in [1.82, 2.24) is 15.5 Å². The molecule has 130 valence electrons. The second-order valence-corrected chi connectivity index (χ2v) is 6.23. The Morgan fingerprint density at radius 3 is 2.78 bits per heavy atom. The highest BCUT2D eigenvalue weighted by molar-refractivity contribution is 5.79. The first kappa shape index (κ1) is 17.8. The molecule has 0 amide bonds. The van der Waals surface area contributed by atoms with E-state index in [-0.39, 0.29) is 6.54 Å². The van der Waals surface area contributed by atoms with Crippen molar-refractivity contribution >= 4 is 5.96 Å². The van der Waals surface area contributed by atoms with Crippen LogP contribution in [0.25, 0.3) is 0 Å². The summed E-state index contributed by atoms with van der Waals surface area (Å²) in [6, 6.07) is 4.32. The molecule has 1 aromatic heterocycles. The first-order chi connectivity index (χ1) is 11.1. The largest absolute Gasteiger partial charge is 0.466 e. The maximum absolute atomic E-state index is 10.5. The van der Waals surface area contributed by atoms with Crippen molar-refractivity contribution < 1.29 is 9.52 Å². The fraction of sp³-hybridized carbons (Fsp3) is 0.706. The minimum atomic E-state index is -1.10. The summed E-state index contributed by atoms with van der Waals surface area (Å²) < 4.78 is 5.28. The molecule has 0 spiro atoms. The number of aliphatic hydroxyl groups is 1. The SMILES string of the molecule is CCNC(=NCC(C)(O)c1ccco1)NCCN(CC)C1CC1. The summed E-state index contributed by atoms with van der Waals surface area (Å²) in [5.74, 6) is 1.26. The molecule has 0 aromatic carbocycles. The molecule has 0 bridgehead atoms. The second kappa shape index (κ2) is 8.36. The van der Waals surface area contributed by atoms with Gasteiger partial charge in [0, 0.05) is 25.7 Å². The molecule has 0 radical (unpaired) electrons. The van der Waals surface area contributed by atoms with Gasteiger partial charge in [0.1, 0.15) is 11.4 Å². The smallest absolute Gasteiger partial charge is 0.191 e. The van der Waals surface area contributed by atoms with Crippen molar-refractivity contribution in [2.24, 2.45) is 4.99 Å². The van der Waals surface area contributed by atoms with Crippen LogP contribution in [0.5, 0.6) is 0 Å². The maximum atomic E-state index is 10.5. The Kier molecular flexibility index (Phi) is 6.47. The number of furan rings is 1. The zero-order valence-electron chi connectivity index (χ0n) is 14.5. The zero-order valence-corrected chi connectivity index (χ0v) is 14.5. The second-order valence-electron chi connectivity index (χ2n) is 6.23. The Labute approximate surface area is 139 Å². The highest BCUT2D eigenvalue weighted by Gasteiger charge is 2.27. The van der Waals surface area contributed by atoms with Crippen LogP contribution < -0.4 is 10.6 Å². The summed E-state index contributed by atoms with van der Waals surface area (Å²) in [4.78, 5) is 6.99. The number of hydrogen-bond donors (Lipinski definition) is 3. The molecule has 2 rings (SSSR count). The molecule has 3 N–H and O–H groups in total. The van der Waals surface area contributed by atoms with E-state index in [1.165, 1.54) is 12.8 Å². The van der Waals surface area contributed by atoms with Crippen molar-refractivity contribution in [3.63, 3.8) is 0 Å². The number of rotatable bonds is 9. The van der Waals surface area contributed by atoms with Gasteiger partial charge in [-0.3, -0.25) is 4.90 Å². The van der Waals surface area contributed by atoms with Crippen LogP contribution in [0.15, 0.2) is 27.8 Å². The number of aliphatic imine (C=N–C) groups is 1. The summed E-state index contributed by atoms with van der Waals surface area (Å²) >= 11 is 0. The van der Waals surface area contributed by atoms with Crippen molar-refractivity contribution in [3.05, 3.63) is 24.2 Å². The van der Waals surface area contributed by atoms with Crippen LogP contribution in [0, 0.1) is 0 Å². The van der Waals surface area contributed by atoms with E-state index in [0.717, 1.165) is 38.2 Å². The first-order valence-corrected chi connectivity index (χ1v) is 8.59. The minimum absolute atomic E-state index is 0.246. The van der Waals surface area contributed by atoms with Gasteiger partial charge in [0.05, 0.1) is 12.8 Å². The molecular weight excluding hydrogens is 292 g/mol. The van der Waals surface area contributed by atoms with Crippen LogP contribution in [-0.2, 0) is 5.60 Å². The molecule has 1 aliphatic carbocycles. The lowest BCUT2D eigenvalue weighted by Gasteiger charge is -2.22. The molecule has 1 aromatic rings. The summed E-state index contributed by atoms with van der Waals surface area (Å²) in [5, 5.41) is 17.0. The van der Waals surface area contributed by atoms with Crippen LogP contribution in [0.3, 0.4) is 0 Å². The molecule has 1 heterocycles. The normalized spacial score (nSPS) is 18.0. The third kappa shape index (κ3) is 5.55. The fourth-order valence-electron chi connectivity index (χ4n) is 2.59. The van der Waals surface area contributed by atoms with E-state index in [0.29, 0.717) is 5.76 Å². The number of likely N-dealkylation sites (N-methyl/N-ethyl adjacent to an activating group) is 1. The molecule has 23 heavy (non-hydrogen) atoms. The Morgan fingerprint density at radius 2 is 2.22 bits per heavy atom. The fourth-order valence-corrected chi connectivity index (χ4v) is 2.59. The van der Waals surface area contributed by atoms with Crippen molar-refractivity contribution in [2.45, 2.75) is 45.3 Å². The first-order valence-electron chi connectivity index (χ1n) is 8.59. The Bertz CT molecular complexity index is 481. The maximum Gasteiger partial charge on any atom is 0.191 e. The molecular formula is C17H30N4O2. The Hall–Kier alpha value is -1.53.